The maximum absolute atomic E-state index is 14.6. The first-order valence-electron chi connectivity index (χ1n) is 7.74. The molecular formula is C18H14F4N2O2. The van der Waals surface area contributed by atoms with Crippen LogP contribution in [-0.2, 0) is 12.7 Å². The summed E-state index contributed by atoms with van der Waals surface area (Å²) in [7, 11) is 0. The summed E-state index contributed by atoms with van der Waals surface area (Å²) >= 11 is 0. The number of benzene rings is 2. The zero-order valence-electron chi connectivity index (χ0n) is 13.4. The van der Waals surface area contributed by atoms with Gasteiger partial charge in [-0.05, 0) is 35.4 Å². The molecule has 2 aromatic carbocycles. The number of carbonyl (C=O) groups excluding carboxylic acids is 1. The SMILES string of the molecule is O=C(NCCO)c1ccc(-c2cc(C(F)(F)F)cc3c2C=NC3)c(F)c1. The van der Waals surface area contributed by atoms with Gasteiger partial charge in [0.05, 0.1) is 18.7 Å². The van der Waals surface area contributed by atoms with E-state index in [-0.39, 0.29) is 36.4 Å². The van der Waals surface area contributed by atoms with E-state index in [1.807, 2.05) is 0 Å². The zero-order chi connectivity index (χ0) is 18.9. The highest BCUT2D eigenvalue weighted by atomic mass is 19.4. The number of rotatable bonds is 4. The molecule has 0 saturated carbocycles. The van der Waals surface area contributed by atoms with Crippen molar-refractivity contribution < 1.29 is 27.5 Å². The molecule has 8 heteroatoms. The van der Waals surface area contributed by atoms with Crippen LogP contribution >= 0.6 is 0 Å². The molecule has 1 aliphatic heterocycles. The molecule has 0 radical (unpaired) electrons. The maximum Gasteiger partial charge on any atom is 0.416 e. The van der Waals surface area contributed by atoms with Crippen LogP contribution in [0.5, 0.6) is 0 Å². The lowest BCUT2D eigenvalue weighted by atomic mass is 9.93. The van der Waals surface area contributed by atoms with Crippen molar-refractivity contribution in [3.63, 3.8) is 0 Å². The molecule has 2 N–H and O–H groups in total. The van der Waals surface area contributed by atoms with Gasteiger partial charge in [0, 0.05) is 29.4 Å². The summed E-state index contributed by atoms with van der Waals surface area (Å²) in [6.45, 7) is -0.142. The van der Waals surface area contributed by atoms with Crippen LogP contribution < -0.4 is 5.32 Å². The number of carbonyl (C=O) groups is 1. The second kappa shape index (κ2) is 6.87. The van der Waals surface area contributed by atoms with E-state index < -0.39 is 23.5 Å². The Balaban J connectivity index is 2.05. The molecule has 4 nitrogen and oxygen atoms in total. The molecule has 0 aromatic heterocycles. The molecule has 0 unspecified atom stereocenters. The second-order valence-electron chi connectivity index (χ2n) is 5.74. The van der Waals surface area contributed by atoms with Gasteiger partial charge in [0.2, 0.25) is 0 Å². The average molecular weight is 366 g/mol. The van der Waals surface area contributed by atoms with Crippen molar-refractivity contribution in [3.8, 4) is 11.1 Å². The minimum atomic E-state index is -4.56. The maximum atomic E-state index is 14.6. The van der Waals surface area contributed by atoms with Crippen LogP contribution in [0.2, 0.25) is 0 Å². The number of nitrogens with zero attached hydrogens (tertiary/aromatic N) is 1. The molecule has 0 bridgehead atoms. The van der Waals surface area contributed by atoms with Gasteiger partial charge in [0.1, 0.15) is 5.82 Å². The van der Waals surface area contributed by atoms with Gasteiger partial charge in [-0.1, -0.05) is 6.07 Å². The van der Waals surface area contributed by atoms with Crippen LogP contribution in [0.25, 0.3) is 11.1 Å². The first-order valence-corrected chi connectivity index (χ1v) is 7.74. The molecule has 0 aliphatic carbocycles. The van der Waals surface area contributed by atoms with Crippen LogP contribution in [0.3, 0.4) is 0 Å². The fourth-order valence-electron chi connectivity index (χ4n) is 2.76. The lowest BCUT2D eigenvalue weighted by molar-refractivity contribution is -0.137. The highest BCUT2D eigenvalue weighted by Gasteiger charge is 2.33. The molecule has 26 heavy (non-hydrogen) atoms. The summed E-state index contributed by atoms with van der Waals surface area (Å²) in [5.41, 5.74) is -0.0124. The standard InChI is InChI=1S/C18H14F4N2O2/c19-16-6-10(17(26)24-3-4-25)1-2-13(16)14-7-12(18(20,21)22)5-11-8-23-9-15(11)14/h1-2,5-7,9,25H,3-4,8H2,(H,24,26). The molecule has 1 amide bonds. The van der Waals surface area contributed by atoms with Crippen molar-refractivity contribution >= 4 is 12.1 Å². The fourth-order valence-corrected chi connectivity index (χ4v) is 2.76. The predicted molar refractivity (Wildman–Crippen MR) is 87.6 cm³/mol. The summed E-state index contributed by atoms with van der Waals surface area (Å²) in [5.74, 6) is -1.40. The number of amides is 1. The van der Waals surface area contributed by atoms with E-state index in [0.29, 0.717) is 11.1 Å². The number of hydrogen-bond donors (Lipinski definition) is 2. The number of aliphatic imine (C=N–C) groups is 1. The summed E-state index contributed by atoms with van der Waals surface area (Å²) in [6, 6.07) is 5.45. The van der Waals surface area contributed by atoms with Gasteiger partial charge < -0.3 is 10.4 Å². The largest absolute Gasteiger partial charge is 0.416 e. The summed E-state index contributed by atoms with van der Waals surface area (Å²) in [5, 5.41) is 11.1. The lowest BCUT2D eigenvalue weighted by Crippen LogP contribution is -2.26. The van der Waals surface area contributed by atoms with Crippen molar-refractivity contribution in [2.75, 3.05) is 13.2 Å². The number of aliphatic hydroxyl groups excluding tert-OH is 1. The molecular weight excluding hydrogens is 352 g/mol. The van der Waals surface area contributed by atoms with Crippen LogP contribution in [0.1, 0.15) is 27.0 Å². The Bertz CT molecular complexity index is 891. The van der Waals surface area contributed by atoms with Crippen molar-refractivity contribution in [2.45, 2.75) is 12.7 Å². The second-order valence-corrected chi connectivity index (χ2v) is 5.74. The summed E-state index contributed by atoms with van der Waals surface area (Å²) in [6.07, 6.45) is -3.14. The minimum Gasteiger partial charge on any atom is -0.395 e. The van der Waals surface area contributed by atoms with Crippen LogP contribution in [-0.4, -0.2) is 30.4 Å². The number of alkyl halides is 3. The Morgan fingerprint density at radius 3 is 2.62 bits per heavy atom. The average Bonchev–Trinajstić information content (AvgIpc) is 3.06. The highest BCUT2D eigenvalue weighted by Crippen LogP contribution is 2.37. The van der Waals surface area contributed by atoms with E-state index in [0.717, 1.165) is 18.2 Å². The smallest absolute Gasteiger partial charge is 0.395 e. The highest BCUT2D eigenvalue weighted by molar-refractivity contribution is 5.97. The number of aliphatic hydroxyl groups is 1. The fraction of sp³-hybridized carbons (Fsp3) is 0.222. The van der Waals surface area contributed by atoms with Crippen molar-refractivity contribution in [3.05, 3.63) is 58.4 Å². The Morgan fingerprint density at radius 2 is 1.96 bits per heavy atom. The van der Waals surface area contributed by atoms with Crippen LogP contribution in [0.15, 0.2) is 35.3 Å². The molecule has 0 saturated heterocycles. The van der Waals surface area contributed by atoms with Gasteiger partial charge in [-0.2, -0.15) is 13.2 Å². The van der Waals surface area contributed by atoms with E-state index in [4.69, 9.17) is 5.11 Å². The van der Waals surface area contributed by atoms with Gasteiger partial charge in [0.25, 0.3) is 5.91 Å². The topological polar surface area (TPSA) is 61.7 Å². The monoisotopic (exact) mass is 366 g/mol. The molecule has 0 spiro atoms. The Kier molecular flexibility index (Phi) is 4.78. The first kappa shape index (κ1) is 18.1. The Morgan fingerprint density at radius 1 is 1.19 bits per heavy atom. The number of hydrogen-bond acceptors (Lipinski definition) is 3. The van der Waals surface area contributed by atoms with Crippen molar-refractivity contribution in [1.82, 2.24) is 5.32 Å². The predicted octanol–water partition coefficient (Wildman–Crippen LogP) is 3.17. The lowest BCUT2D eigenvalue weighted by Gasteiger charge is -2.14. The van der Waals surface area contributed by atoms with Gasteiger partial charge >= 0.3 is 6.18 Å². The quantitative estimate of drug-likeness (QED) is 0.817. The van der Waals surface area contributed by atoms with Gasteiger partial charge in [-0.25, -0.2) is 4.39 Å². The van der Waals surface area contributed by atoms with Crippen LogP contribution in [0.4, 0.5) is 17.6 Å². The van der Waals surface area contributed by atoms with Gasteiger partial charge in [0.15, 0.2) is 0 Å². The Hall–Kier alpha value is -2.74. The third kappa shape index (κ3) is 3.45. The van der Waals surface area contributed by atoms with E-state index in [1.165, 1.54) is 18.3 Å². The molecule has 136 valence electrons. The minimum absolute atomic E-state index is 0.0111. The number of halogens is 4. The molecule has 2 aromatic rings. The number of nitrogens with one attached hydrogen (secondary N) is 1. The normalized spacial score (nSPS) is 13.0. The molecule has 0 fully saturated rings. The van der Waals surface area contributed by atoms with Crippen molar-refractivity contribution in [1.29, 1.82) is 0 Å². The summed E-state index contributed by atoms with van der Waals surface area (Å²) < 4.78 is 54.0. The molecule has 0 atom stereocenters. The van der Waals surface area contributed by atoms with Crippen molar-refractivity contribution in [2.24, 2.45) is 4.99 Å². The summed E-state index contributed by atoms with van der Waals surface area (Å²) in [4.78, 5) is 15.8. The van der Waals surface area contributed by atoms with Crippen LogP contribution in [0, 0.1) is 5.82 Å². The van der Waals surface area contributed by atoms with Gasteiger partial charge in [-0.15, -0.1) is 0 Å². The van der Waals surface area contributed by atoms with E-state index in [2.05, 4.69) is 10.3 Å². The zero-order valence-corrected chi connectivity index (χ0v) is 13.4. The van der Waals surface area contributed by atoms with E-state index in [9.17, 15) is 22.4 Å². The number of fused-ring (bicyclic) bond motifs is 1. The van der Waals surface area contributed by atoms with E-state index >= 15 is 0 Å². The third-order valence-corrected chi connectivity index (χ3v) is 3.99. The molecule has 3 rings (SSSR count). The van der Waals surface area contributed by atoms with E-state index in [1.54, 1.807) is 0 Å². The molecule has 1 heterocycles. The molecule has 1 aliphatic rings. The Labute approximate surface area is 146 Å². The third-order valence-electron chi connectivity index (χ3n) is 3.99. The van der Waals surface area contributed by atoms with Gasteiger partial charge in [-0.3, -0.25) is 9.79 Å². The first-order chi connectivity index (χ1) is 12.3.